The number of rotatable bonds is 66. The molecule has 0 rings (SSSR count). The lowest BCUT2D eigenvalue weighted by Crippen LogP contribution is -2.30. The van der Waals surface area contributed by atoms with Gasteiger partial charge in [-0.15, -0.1) is 0 Å². The van der Waals surface area contributed by atoms with Gasteiger partial charge in [0.15, 0.2) is 12.2 Å². The second-order valence-electron chi connectivity index (χ2n) is 25.2. The number of phosphoric acid groups is 2. The number of hydrogen-bond acceptors (Lipinski definition) is 15. The minimum atomic E-state index is -4.95. The summed E-state index contributed by atoms with van der Waals surface area (Å²) in [6.45, 7) is 9.48. The predicted molar refractivity (Wildman–Crippen MR) is 345 cm³/mol. The fraction of sp³-hybridized carbons (Fsp3) is 0.940. The van der Waals surface area contributed by atoms with Crippen molar-refractivity contribution in [3.63, 3.8) is 0 Å². The van der Waals surface area contributed by atoms with Gasteiger partial charge in [0.2, 0.25) is 0 Å². The summed E-state index contributed by atoms with van der Waals surface area (Å²) in [6.07, 6.45) is 43.2. The Kier molecular flexibility index (Phi) is 58.0. The van der Waals surface area contributed by atoms with E-state index in [1.54, 1.807) is 0 Å². The average Bonchev–Trinajstić information content (AvgIpc) is 3.69. The van der Waals surface area contributed by atoms with Crippen LogP contribution in [0.2, 0.25) is 0 Å². The van der Waals surface area contributed by atoms with Crippen LogP contribution in [-0.4, -0.2) is 96.7 Å². The predicted octanol–water partition coefficient (Wildman–Crippen LogP) is 18.8. The summed E-state index contributed by atoms with van der Waals surface area (Å²) in [6, 6.07) is 0. The molecule has 0 saturated carbocycles. The van der Waals surface area contributed by atoms with Crippen molar-refractivity contribution in [2.45, 2.75) is 355 Å². The summed E-state index contributed by atoms with van der Waals surface area (Å²) in [4.78, 5) is 72.2. The van der Waals surface area contributed by atoms with Gasteiger partial charge in [-0.2, -0.15) is 0 Å². The van der Waals surface area contributed by atoms with E-state index in [9.17, 15) is 43.2 Å². The molecule has 0 spiro atoms. The van der Waals surface area contributed by atoms with Crippen molar-refractivity contribution in [3.05, 3.63) is 0 Å². The lowest BCUT2D eigenvalue weighted by atomic mass is 10.0. The van der Waals surface area contributed by atoms with Crippen LogP contribution in [0.15, 0.2) is 0 Å². The molecule has 0 aliphatic carbocycles. The van der Waals surface area contributed by atoms with E-state index in [1.165, 1.54) is 141 Å². The molecule has 0 fully saturated rings. The molecule has 0 bridgehead atoms. The summed E-state index contributed by atoms with van der Waals surface area (Å²) in [5.74, 6) is -0.594. The number of aliphatic hydroxyl groups excluding tert-OH is 1. The largest absolute Gasteiger partial charge is 0.472 e. The van der Waals surface area contributed by atoms with E-state index in [-0.39, 0.29) is 25.7 Å². The minimum absolute atomic E-state index is 0.106. The number of carbonyl (C=O) groups excluding carboxylic acids is 4. The van der Waals surface area contributed by atoms with Crippen molar-refractivity contribution in [2.75, 3.05) is 39.6 Å². The van der Waals surface area contributed by atoms with E-state index >= 15 is 0 Å². The van der Waals surface area contributed by atoms with Gasteiger partial charge in [-0.1, -0.05) is 286 Å². The van der Waals surface area contributed by atoms with Crippen molar-refractivity contribution in [1.82, 2.24) is 0 Å². The van der Waals surface area contributed by atoms with E-state index in [0.29, 0.717) is 25.7 Å². The highest BCUT2D eigenvalue weighted by molar-refractivity contribution is 7.47. The molecule has 0 aromatic rings. The van der Waals surface area contributed by atoms with E-state index in [0.717, 1.165) is 115 Å². The maximum Gasteiger partial charge on any atom is 0.472 e. The van der Waals surface area contributed by atoms with Gasteiger partial charge < -0.3 is 33.8 Å². The molecule has 86 heavy (non-hydrogen) atoms. The summed E-state index contributed by atoms with van der Waals surface area (Å²) >= 11 is 0. The first-order chi connectivity index (χ1) is 41.4. The van der Waals surface area contributed by atoms with Gasteiger partial charge in [-0.25, -0.2) is 9.13 Å². The second-order valence-corrected chi connectivity index (χ2v) is 28.1. The monoisotopic (exact) mass is 1270 g/mol. The van der Waals surface area contributed by atoms with Crippen LogP contribution in [0.3, 0.4) is 0 Å². The summed E-state index contributed by atoms with van der Waals surface area (Å²) in [5, 5.41) is 10.5. The smallest absolute Gasteiger partial charge is 0.462 e. The zero-order valence-corrected chi connectivity index (χ0v) is 57.4. The highest BCUT2D eigenvalue weighted by Gasteiger charge is 2.30. The van der Waals surface area contributed by atoms with Gasteiger partial charge in [0.05, 0.1) is 26.4 Å². The van der Waals surface area contributed by atoms with Crippen molar-refractivity contribution in [1.29, 1.82) is 0 Å². The maximum atomic E-state index is 13.0. The molecule has 0 heterocycles. The Labute approximate surface area is 524 Å². The number of ether oxygens (including phenoxy) is 4. The second kappa shape index (κ2) is 59.4. The Morgan fingerprint density at radius 2 is 0.535 bits per heavy atom. The van der Waals surface area contributed by atoms with Gasteiger partial charge in [0.1, 0.15) is 19.3 Å². The molecule has 0 radical (unpaired) electrons. The van der Waals surface area contributed by atoms with Crippen LogP contribution in [0.1, 0.15) is 337 Å². The molecule has 0 amide bonds. The third kappa shape index (κ3) is 60.9. The highest BCUT2D eigenvalue weighted by atomic mass is 31.2. The fourth-order valence-electron chi connectivity index (χ4n) is 10.1. The number of hydrogen-bond donors (Lipinski definition) is 3. The van der Waals surface area contributed by atoms with Gasteiger partial charge in [-0.05, 0) is 37.5 Å². The van der Waals surface area contributed by atoms with Gasteiger partial charge in [0, 0.05) is 25.7 Å². The molecule has 510 valence electrons. The average molecular weight is 1270 g/mol. The molecule has 5 atom stereocenters. The van der Waals surface area contributed by atoms with Crippen LogP contribution in [-0.2, 0) is 65.4 Å². The van der Waals surface area contributed by atoms with E-state index in [2.05, 4.69) is 41.5 Å². The van der Waals surface area contributed by atoms with Crippen LogP contribution in [0.25, 0.3) is 0 Å². The molecule has 3 N–H and O–H groups in total. The number of esters is 4. The van der Waals surface area contributed by atoms with Crippen LogP contribution in [0.5, 0.6) is 0 Å². The van der Waals surface area contributed by atoms with Crippen LogP contribution >= 0.6 is 15.6 Å². The van der Waals surface area contributed by atoms with Crippen molar-refractivity contribution in [3.8, 4) is 0 Å². The SMILES string of the molecule is CCCCCCCCCCCCC(=O)O[C@H](COC(=O)CCCCCCCCC)COP(=O)(O)OC[C@H](O)COP(=O)(O)OC[C@@H](COC(=O)CCCCCCCCCCCC(C)C)OC(=O)CCCCCCCCCCCCCCCCC(C)C. The number of phosphoric ester groups is 2. The van der Waals surface area contributed by atoms with Crippen molar-refractivity contribution >= 4 is 39.5 Å². The molecule has 17 nitrogen and oxygen atoms in total. The quantitative estimate of drug-likeness (QED) is 0.0222. The lowest BCUT2D eigenvalue weighted by molar-refractivity contribution is -0.161. The fourth-order valence-corrected chi connectivity index (χ4v) is 11.6. The summed E-state index contributed by atoms with van der Waals surface area (Å²) in [7, 11) is -9.89. The summed E-state index contributed by atoms with van der Waals surface area (Å²) in [5.41, 5.74) is 0. The van der Waals surface area contributed by atoms with E-state index in [4.69, 9.17) is 37.0 Å². The third-order valence-corrected chi connectivity index (χ3v) is 17.4. The Balaban J connectivity index is 5.19. The normalized spacial score (nSPS) is 14.2. The standard InChI is InChI=1S/C67H130O17P2/c1-7-9-11-13-15-16-26-33-39-45-51-66(71)83-62(55-77-64(69)49-43-37-29-14-12-10-8-2)57-81-85(73,74)79-53-61(68)54-80-86(75,76)82-58-63(56-78-65(70)50-44-38-32-28-23-25-31-36-42-48-60(5)6)84-67(72)52-46-40-34-27-22-20-18-17-19-21-24-30-35-41-47-59(3)4/h59-63,68H,7-58H2,1-6H3,(H,73,74)(H,75,76)/t61-,62+,63+/m0/s1. The van der Waals surface area contributed by atoms with E-state index in [1.807, 2.05) is 0 Å². The maximum absolute atomic E-state index is 13.0. The lowest BCUT2D eigenvalue weighted by Gasteiger charge is -2.21. The van der Waals surface area contributed by atoms with Gasteiger partial charge >= 0.3 is 39.5 Å². The highest BCUT2D eigenvalue weighted by Crippen LogP contribution is 2.45. The number of aliphatic hydroxyl groups is 1. The molecule has 0 aliphatic rings. The van der Waals surface area contributed by atoms with Crippen LogP contribution in [0.4, 0.5) is 0 Å². The first kappa shape index (κ1) is 84.1. The number of carbonyl (C=O) groups is 4. The van der Waals surface area contributed by atoms with Gasteiger partial charge in [-0.3, -0.25) is 37.3 Å². The summed E-state index contributed by atoms with van der Waals surface area (Å²) < 4.78 is 68.0. The minimum Gasteiger partial charge on any atom is -0.462 e. The molecule has 19 heteroatoms. The van der Waals surface area contributed by atoms with Gasteiger partial charge in [0.25, 0.3) is 0 Å². The zero-order chi connectivity index (χ0) is 63.6. The molecular weight excluding hydrogens is 1140 g/mol. The molecular formula is C67H130O17P2. The van der Waals surface area contributed by atoms with E-state index < -0.39 is 97.5 Å². The molecule has 0 aliphatic heterocycles. The van der Waals surface area contributed by atoms with Crippen LogP contribution in [0, 0.1) is 11.8 Å². The molecule has 2 unspecified atom stereocenters. The molecule has 0 saturated heterocycles. The van der Waals surface area contributed by atoms with Crippen molar-refractivity contribution < 1.29 is 80.2 Å². The first-order valence-electron chi connectivity index (χ1n) is 35.0. The Bertz CT molecular complexity index is 1680. The Hall–Kier alpha value is -1.94. The molecule has 0 aromatic carbocycles. The first-order valence-corrected chi connectivity index (χ1v) is 38.0. The molecule has 0 aromatic heterocycles. The zero-order valence-electron chi connectivity index (χ0n) is 55.6. The van der Waals surface area contributed by atoms with Crippen molar-refractivity contribution in [2.24, 2.45) is 11.8 Å². The topological polar surface area (TPSA) is 237 Å². The Morgan fingerprint density at radius 3 is 0.791 bits per heavy atom. The number of unbranched alkanes of at least 4 members (excludes halogenated alkanes) is 36. The Morgan fingerprint density at radius 1 is 0.314 bits per heavy atom. The third-order valence-electron chi connectivity index (χ3n) is 15.5. The van der Waals surface area contributed by atoms with Crippen LogP contribution < -0.4 is 0 Å².